The van der Waals surface area contributed by atoms with Crippen molar-refractivity contribution < 1.29 is 4.39 Å². The lowest BCUT2D eigenvalue weighted by atomic mass is 9.90. The van der Waals surface area contributed by atoms with Crippen LogP contribution in [0.2, 0.25) is 5.02 Å². The molecule has 1 atom stereocenters. The first-order chi connectivity index (χ1) is 7.70. The predicted molar refractivity (Wildman–Crippen MR) is 63.5 cm³/mol. The summed E-state index contributed by atoms with van der Waals surface area (Å²) in [7, 11) is 0. The van der Waals surface area contributed by atoms with E-state index in [0.29, 0.717) is 24.3 Å². The Morgan fingerprint density at radius 2 is 2.31 bits per heavy atom. The maximum Gasteiger partial charge on any atom is 0.116 e. The Labute approximate surface area is 100 Å². The van der Waals surface area contributed by atoms with E-state index < -0.39 is 5.67 Å². The molecule has 1 aliphatic heterocycles. The summed E-state index contributed by atoms with van der Waals surface area (Å²) in [5.41, 5.74) is -0.254. The summed E-state index contributed by atoms with van der Waals surface area (Å²) in [6.45, 7) is 1.66. The van der Waals surface area contributed by atoms with Crippen LogP contribution in [0.3, 0.4) is 0 Å². The zero-order valence-corrected chi connectivity index (χ0v) is 9.93. The minimum atomic E-state index is -1.12. The van der Waals surface area contributed by atoms with Gasteiger partial charge in [0.15, 0.2) is 0 Å². The van der Waals surface area contributed by atoms with Crippen LogP contribution in [0.15, 0.2) is 18.5 Å². The maximum atomic E-state index is 14.6. The van der Waals surface area contributed by atoms with Crippen LogP contribution in [-0.4, -0.2) is 23.7 Å². The number of nitrogens with one attached hydrogen (secondary N) is 1. The van der Waals surface area contributed by atoms with Crippen LogP contribution in [-0.2, 0) is 6.42 Å². The Balaban J connectivity index is 2.10. The lowest BCUT2D eigenvalue weighted by molar-refractivity contribution is 0.144. The molecule has 2 rings (SSSR count). The third kappa shape index (κ3) is 2.92. The predicted octanol–water partition coefficient (Wildman–Crippen LogP) is 2.76. The number of halogens is 2. The fraction of sp³-hybridized carbons (Fsp3) is 0.583. The van der Waals surface area contributed by atoms with Gasteiger partial charge in [0.2, 0.25) is 0 Å². The molecule has 2 heterocycles. The van der Waals surface area contributed by atoms with E-state index in [-0.39, 0.29) is 0 Å². The average molecular weight is 243 g/mol. The van der Waals surface area contributed by atoms with Crippen LogP contribution in [0.5, 0.6) is 0 Å². The molecule has 2 nitrogen and oxygen atoms in total. The number of nitrogens with zero attached hydrogens (tertiary/aromatic N) is 1. The molecule has 16 heavy (non-hydrogen) atoms. The number of aromatic nitrogens is 1. The lowest BCUT2D eigenvalue weighted by Gasteiger charge is -2.23. The van der Waals surface area contributed by atoms with Crippen molar-refractivity contribution in [2.75, 3.05) is 13.1 Å². The third-order valence-electron chi connectivity index (χ3n) is 3.09. The van der Waals surface area contributed by atoms with E-state index in [1.165, 1.54) is 0 Å². The summed E-state index contributed by atoms with van der Waals surface area (Å²) in [4.78, 5) is 3.91. The van der Waals surface area contributed by atoms with Crippen molar-refractivity contribution in [2.45, 2.75) is 31.4 Å². The Hall–Kier alpha value is -0.670. The minimum absolute atomic E-state index is 0.399. The molecule has 4 heteroatoms. The first-order valence-corrected chi connectivity index (χ1v) is 6.05. The summed E-state index contributed by atoms with van der Waals surface area (Å²) in [5, 5.41) is 3.78. The molecule has 1 N–H and O–H groups in total. The van der Waals surface area contributed by atoms with E-state index in [2.05, 4.69) is 10.3 Å². The molecule has 0 aliphatic carbocycles. The third-order valence-corrected chi connectivity index (χ3v) is 3.43. The van der Waals surface area contributed by atoms with Gasteiger partial charge < -0.3 is 5.32 Å². The van der Waals surface area contributed by atoms with E-state index in [1.54, 1.807) is 12.4 Å². The maximum absolute atomic E-state index is 14.6. The van der Waals surface area contributed by atoms with Crippen molar-refractivity contribution in [3.05, 3.63) is 29.0 Å². The Kier molecular flexibility index (Phi) is 3.77. The molecule has 0 amide bonds. The van der Waals surface area contributed by atoms with Crippen molar-refractivity contribution in [2.24, 2.45) is 0 Å². The molecule has 0 saturated carbocycles. The first-order valence-electron chi connectivity index (χ1n) is 5.68. The van der Waals surface area contributed by atoms with Gasteiger partial charge in [0.25, 0.3) is 0 Å². The van der Waals surface area contributed by atoms with E-state index in [9.17, 15) is 4.39 Å². The van der Waals surface area contributed by atoms with E-state index in [4.69, 9.17) is 11.6 Å². The van der Waals surface area contributed by atoms with Crippen LogP contribution in [0.1, 0.15) is 24.8 Å². The Morgan fingerprint density at radius 3 is 3.12 bits per heavy atom. The summed E-state index contributed by atoms with van der Waals surface area (Å²) in [5.74, 6) is 0. The molecule has 0 aromatic carbocycles. The van der Waals surface area contributed by atoms with Gasteiger partial charge >= 0.3 is 0 Å². The second kappa shape index (κ2) is 5.11. The van der Waals surface area contributed by atoms with Crippen molar-refractivity contribution in [1.82, 2.24) is 10.3 Å². The highest BCUT2D eigenvalue weighted by molar-refractivity contribution is 6.31. The SMILES string of the molecule is FC1(Cc2ccncc2Cl)CCCNCC1. The van der Waals surface area contributed by atoms with Gasteiger partial charge in [-0.15, -0.1) is 0 Å². The quantitative estimate of drug-likeness (QED) is 0.863. The van der Waals surface area contributed by atoms with Crippen molar-refractivity contribution in [1.29, 1.82) is 0 Å². The Bertz CT molecular complexity index is 349. The summed E-state index contributed by atoms with van der Waals surface area (Å²) in [6.07, 6.45) is 5.70. The highest BCUT2D eigenvalue weighted by Crippen LogP contribution is 2.30. The summed E-state index contributed by atoms with van der Waals surface area (Å²) >= 11 is 6.00. The molecular formula is C12H16ClFN2. The minimum Gasteiger partial charge on any atom is -0.317 e. The standard InChI is InChI=1S/C12H16ClFN2/c13-11-9-16-6-2-10(11)8-12(14)3-1-5-15-7-4-12/h2,6,9,15H,1,3-5,7-8H2. The van der Waals surface area contributed by atoms with Crippen molar-refractivity contribution in [3.8, 4) is 0 Å². The smallest absolute Gasteiger partial charge is 0.116 e. The molecule has 0 bridgehead atoms. The van der Waals surface area contributed by atoms with Gasteiger partial charge in [-0.3, -0.25) is 4.98 Å². The molecular weight excluding hydrogens is 227 g/mol. The summed E-state index contributed by atoms with van der Waals surface area (Å²) in [6, 6.07) is 1.81. The van der Waals surface area contributed by atoms with Gasteiger partial charge in [0.1, 0.15) is 5.67 Å². The van der Waals surface area contributed by atoms with Crippen LogP contribution < -0.4 is 5.32 Å². The van der Waals surface area contributed by atoms with E-state index >= 15 is 0 Å². The van der Waals surface area contributed by atoms with Crippen LogP contribution in [0.4, 0.5) is 4.39 Å². The van der Waals surface area contributed by atoms with Gasteiger partial charge in [0.05, 0.1) is 5.02 Å². The topological polar surface area (TPSA) is 24.9 Å². The number of hydrogen-bond acceptors (Lipinski definition) is 2. The van der Waals surface area contributed by atoms with Gasteiger partial charge in [0, 0.05) is 18.8 Å². The molecule has 1 aromatic rings. The molecule has 88 valence electrons. The largest absolute Gasteiger partial charge is 0.317 e. The highest BCUT2D eigenvalue weighted by Gasteiger charge is 2.31. The monoisotopic (exact) mass is 242 g/mol. The molecule has 0 spiro atoms. The van der Waals surface area contributed by atoms with E-state index in [0.717, 1.165) is 25.1 Å². The highest BCUT2D eigenvalue weighted by atomic mass is 35.5. The van der Waals surface area contributed by atoms with Crippen molar-refractivity contribution in [3.63, 3.8) is 0 Å². The fourth-order valence-electron chi connectivity index (χ4n) is 2.16. The Morgan fingerprint density at radius 1 is 1.44 bits per heavy atom. The van der Waals surface area contributed by atoms with Gasteiger partial charge in [-0.2, -0.15) is 0 Å². The van der Waals surface area contributed by atoms with Gasteiger partial charge in [-0.1, -0.05) is 11.6 Å². The second-order valence-electron chi connectivity index (χ2n) is 4.40. The zero-order valence-electron chi connectivity index (χ0n) is 9.18. The van der Waals surface area contributed by atoms with Crippen LogP contribution in [0, 0.1) is 0 Å². The number of alkyl halides is 1. The lowest BCUT2D eigenvalue weighted by Crippen LogP contribution is -2.27. The number of pyridine rings is 1. The number of rotatable bonds is 2. The molecule has 1 unspecified atom stereocenters. The van der Waals surface area contributed by atoms with Gasteiger partial charge in [-0.25, -0.2) is 4.39 Å². The van der Waals surface area contributed by atoms with E-state index in [1.807, 2.05) is 6.07 Å². The normalized spacial score (nSPS) is 26.4. The average Bonchev–Trinajstić information content (AvgIpc) is 2.47. The fourth-order valence-corrected chi connectivity index (χ4v) is 2.34. The second-order valence-corrected chi connectivity index (χ2v) is 4.81. The molecule has 0 radical (unpaired) electrons. The zero-order chi connectivity index (χ0) is 11.4. The molecule has 1 aliphatic rings. The van der Waals surface area contributed by atoms with Crippen LogP contribution >= 0.6 is 11.6 Å². The molecule has 1 fully saturated rings. The molecule has 1 saturated heterocycles. The van der Waals surface area contributed by atoms with Gasteiger partial charge in [-0.05, 0) is 44.0 Å². The number of hydrogen-bond donors (Lipinski definition) is 1. The molecule has 1 aromatic heterocycles. The first kappa shape index (κ1) is 11.8. The summed E-state index contributed by atoms with van der Waals surface area (Å²) < 4.78 is 14.6. The van der Waals surface area contributed by atoms with Crippen molar-refractivity contribution >= 4 is 11.6 Å². The van der Waals surface area contributed by atoms with Crippen LogP contribution in [0.25, 0.3) is 0 Å².